The lowest BCUT2D eigenvalue weighted by atomic mass is 10.1. The number of rotatable bonds is 9. The summed E-state index contributed by atoms with van der Waals surface area (Å²) >= 11 is 0. The first-order valence-corrected chi connectivity index (χ1v) is 10.5. The molecule has 0 aliphatic rings. The van der Waals surface area contributed by atoms with Crippen LogP contribution < -0.4 is 14.8 Å². The second-order valence-electron chi connectivity index (χ2n) is 6.53. The van der Waals surface area contributed by atoms with Crippen molar-refractivity contribution < 1.29 is 22.3 Å². The Morgan fingerprint density at radius 1 is 1.07 bits per heavy atom. The number of hydrogen-bond acceptors (Lipinski definition) is 4. The zero-order valence-electron chi connectivity index (χ0n) is 16.1. The monoisotopic (exact) mass is 408 g/mol. The number of amides is 1. The van der Waals surface area contributed by atoms with Crippen LogP contribution in [0.4, 0.5) is 4.39 Å². The SMILES string of the molecule is CC[C@H](C)NS(=O)(=O)c1ccc(OCC(=O)N[C@@H](C)c2ccc(F)cc2)cc1. The first-order chi connectivity index (χ1) is 13.2. The van der Waals surface area contributed by atoms with E-state index in [0.717, 1.165) is 5.56 Å². The van der Waals surface area contributed by atoms with Gasteiger partial charge >= 0.3 is 0 Å². The van der Waals surface area contributed by atoms with Crippen molar-refractivity contribution in [2.24, 2.45) is 0 Å². The van der Waals surface area contributed by atoms with Crippen LogP contribution in [0.1, 0.15) is 38.8 Å². The molecule has 0 aliphatic heterocycles. The van der Waals surface area contributed by atoms with Crippen LogP contribution >= 0.6 is 0 Å². The number of halogens is 1. The predicted octanol–water partition coefficient (Wildman–Crippen LogP) is 3.16. The number of benzene rings is 2. The molecule has 28 heavy (non-hydrogen) atoms. The van der Waals surface area contributed by atoms with Crippen LogP contribution in [-0.4, -0.2) is 27.0 Å². The van der Waals surface area contributed by atoms with Gasteiger partial charge in [0.05, 0.1) is 10.9 Å². The molecule has 2 aromatic carbocycles. The zero-order valence-corrected chi connectivity index (χ0v) is 16.9. The van der Waals surface area contributed by atoms with Gasteiger partial charge in [0.25, 0.3) is 5.91 Å². The van der Waals surface area contributed by atoms with Gasteiger partial charge in [-0.2, -0.15) is 0 Å². The van der Waals surface area contributed by atoms with E-state index in [1.54, 1.807) is 26.0 Å². The molecule has 0 heterocycles. The van der Waals surface area contributed by atoms with Crippen LogP contribution in [0.3, 0.4) is 0 Å². The zero-order chi connectivity index (χ0) is 20.7. The van der Waals surface area contributed by atoms with Gasteiger partial charge in [-0.15, -0.1) is 0 Å². The summed E-state index contributed by atoms with van der Waals surface area (Å²) in [4.78, 5) is 12.2. The van der Waals surface area contributed by atoms with Gasteiger partial charge in [-0.1, -0.05) is 19.1 Å². The largest absolute Gasteiger partial charge is 0.484 e. The fourth-order valence-corrected chi connectivity index (χ4v) is 3.72. The fourth-order valence-electron chi connectivity index (χ4n) is 2.40. The van der Waals surface area contributed by atoms with Crippen molar-refractivity contribution in [3.8, 4) is 5.75 Å². The van der Waals surface area contributed by atoms with Crippen molar-refractivity contribution in [3.63, 3.8) is 0 Å². The van der Waals surface area contributed by atoms with Gasteiger partial charge in [0.1, 0.15) is 11.6 Å². The molecule has 0 unspecified atom stereocenters. The number of hydrogen-bond donors (Lipinski definition) is 2. The van der Waals surface area contributed by atoms with Crippen LogP contribution in [-0.2, 0) is 14.8 Å². The van der Waals surface area contributed by atoms with Crippen molar-refractivity contribution in [2.45, 2.75) is 44.2 Å². The minimum absolute atomic E-state index is 0.134. The second kappa shape index (κ2) is 9.66. The Morgan fingerprint density at radius 2 is 1.68 bits per heavy atom. The van der Waals surface area contributed by atoms with Gasteiger partial charge in [0.15, 0.2) is 6.61 Å². The summed E-state index contributed by atoms with van der Waals surface area (Å²) in [7, 11) is -3.58. The molecule has 0 aromatic heterocycles. The highest BCUT2D eigenvalue weighted by Crippen LogP contribution is 2.17. The second-order valence-corrected chi connectivity index (χ2v) is 8.25. The fraction of sp³-hybridized carbons (Fsp3) is 0.350. The molecule has 0 aliphatic carbocycles. The highest BCUT2D eigenvalue weighted by atomic mass is 32.2. The molecule has 0 fully saturated rings. The maximum Gasteiger partial charge on any atom is 0.258 e. The first kappa shape index (κ1) is 21.8. The summed E-state index contributed by atoms with van der Waals surface area (Å²) in [5, 5.41) is 2.76. The molecular formula is C20H25FN2O4S. The van der Waals surface area contributed by atoms with Gasteiger partial charge in [0.2, 0.25) is 10.0 Å². The third kappa shape index (κ3) is 6.31. The topological polar surface area (TPSA) is 84.5 Å². The van der Waals surface area contributed by atoms with E-state index in [4.69, 9.17) is 4.74 Å². The van der Waals surface area contributed by atoms with E-state index in [1.165, 1.54) is 36.4 Å². The van der Waals surface area contributed by atoms with Crippen molar-refractivity contribution in [1.82, 2.24) is 10.0 Å². The Kier molecular flexibility index (Phi) is 7.53. The van der Waals surface area contributed by atoms with Crippen LogP contribution in [0.25, 0.3) is 0 Å². The number of ether oxygens (including phenoxy) is 1. The molecule has 0 bridgehead atoms. The molecule has 2 atom stereocenters. The van der Waals surface area contributed by atoms with Crippen molar-refractivity contribution in [1.29, 1.82) is 0 Å². The summed E-state index contributed by atoms with van der Waals surface area (Å²) < 4.78 is 45.4. The molecule has 1 amide bonds. The summed E-state index contributed by atoms with van der Waals surface area (Å²) in [5.74, 6) is -0.297. The lowest BCUT2D eigenvalue weighted by Gasteiger charge is -2.15. The number of carbonyl (C=O) groups is 1. The molecule has 2 aromatic rings. The molecule has 2 rings (SSSR count). The first-order valence-electron chi connectivity index (χ1n) is 9.01. The summed E-state index contributed by atoms with van der Waals surface area (Å²) in [6, 6.07) is 11.3. The Balaban J connectivity index is 1.88. The molecule has 0 spiro atoms. The molecule has 6 nitrogen and oxygen atoms in total. The Morgan fingerprint density at radius 3 is 2.25 bits per heavy atom. The van der Waals surface area contributed by atoms with Gasteiger partial charge < -0.3 is 10.1 Å². The summed E-state index contributed by atoms with van der Waals surface area (Å²) in [6.45, 7) is 5.25. The van der Waals surface area contributed by atoms with Crippen molar-refractivity contribution in [3.05, 3.63) is 59.9 Å². The highest BCUT2D eigenvalue weighted by Gasteiger charge is 2.16. The van der Waals surface area contributed by atoms with Crippen LogP contribution in [0, 0.1) is 5.82 Å². The average Bonchev–Trinajstić information content (AvgIpc) is 2.66. The maximum atomic E-state index is 13.0. The van der Waals surface area contributed by atoms with E-state index >= 15 is 0 Å². The molecule has 0 saturated heterocycles. The lowest BCUT2D eigenvalue weighted by Crippen LogP contribution is -2.32. The van der Waals surface area contributed by atoms with Gasteiger partial charge in [-0.25, -0.2) is 17.5 Å². The van der Waals surface area contributed by atoms with Crippen LogP contribution in [0.2, 0.25) is 0 Å². The third-order valence-electron chi connectivity index (χ3n) is 4.22. The molecule has 2 N–H and O–H groups in total. The van der Waals surface area contributed by atoms with Crippen molar-refractivity contribution in [2.75, 3.05) is 6.61 Å². The van der Waals surface area contributed by atoms with E-state index in [2.05, 4.69) is 10.0 Å². The smallest absolute Gasteiger partial charge is 0.258 e. The standard InChI is InChI=1S/C20H25FN2O4S/c1-4-14(2)23-28(25,26)19-11-9-18(10-12-19)27-13-20(24)22-15(3)16-5-7-17(21)8-6-16/h5-12,14-15,23H,4,13H2,1-3H3,(H,22,24)/t14-,15-/m0/s1. The molecular weight excluding hydrogens is 383 g/mol. The van der Waals surface area contributed by atoms with Gasteiger partial charge in [-0.3, -0.25) is 4.79 Å². The lowest BCUT2D eigenvalue weighted by molar-refractivity contribution is -0.123. The van der Waals surface area contributed by atoms with Crippen molar-refractivity contribution >= 4 is 15.9 Å². The Labute approximate surface area is 165 Å². The maximum absolute atomic E-state index is 13.0. The van der Waals surface area contributed by atoms with E-state index in [-0.39, 0.29) is 35.3 Å². The van der Waals surface area contributed by atoms with Crippen LogP contribution in [0.15, 0.2) is 53.4 Å². The molecule has 0 saturated carbocycles. The molecule has 0 radical (unpaired) electrons. The predicted molar refractivity (Wildman–Crippen MR) is 105 cm³/mol. The number of carbonyl (C=O) groups excluding carboxylic acids is 1. The van der Waals surface area contributed by atoms with E-state index in [9.17, 15) is 17.6 Å². The van der Waals surface area contributed by atoms with E-state index in [0.29, 0.717) is 12.2 Å². The number of sulfonamides is 1. The van der Waals surface area contributed by atoms with E-state index < -0.39 is 10.0 Å². The third-order valence-corrected chi connectivity index (χ3v) is 5.83. The van der Waals surface area contributed by atoms with E-state index in [1.807, 2.05) is 6.92 Å². The van der Waals surface area contributed by atoms with Gasteiger partial charge in [0, 0.05) is 6.04 Å². The summed E-state index contributed by atoms with van der Waals surface area (Å²) in [6.07, 6.45) is 0.686. The summed E-state index contributed by atoms with van der Waals surface area (Å²) in [5.41, 5.74) is 0.776. The minimum Gasteiger partial charge on any atom is -0.484 e. The molecule has 152 valence electrons. The minimum atomic E-state index is -3.58. The Bertz CT molecular complexity index is 883. The highest BCUT2D eigenvalue weighted by molar-refractivity contribution is 7.89. The molecule has 8 heteroatoms. The normalized spacial score (nSPS) is 13.6. The quantitative estimate of drug-likeness (QED) is 0.668. The number of nitrogens with one attached hydrogen (secondary N) is 2. The van der Waals surface area contributed by atoms with Gasteiger partial charge in [-0.05, 0) is 62.2 Å². The Hall–Kier alpha value is -2.45. The average molecular weight is 408 g/mol. The van der Waals surface area contributed by atoms with Crippen LogP contribution in [0.5, 0.6) is 5.75 Å².